The van der Waals surface area contributed by atoms with E-state index < -0.39 is 0 Å². The SMILES string of the molecule is [La].[LiH].[Mn].[Ni]. The third-order valence-corrected chi connectivity index (χ3v) is 0. The van der Waals surface area contributed by atoms with E-state index in [2.05, 4.69) is 0 Å². The summed E-state index contributed by atoms with van der Waals surface area (Å²) in [5.74, 6) is 0. The first-order valence-electron chi connectivity index (χ1n) is 0. The molecule has 0 fully saturated rings. The van der Waals surface area contributed by atoms with Crippen LogP contribution in [0, 0.1) is 35.6 Å². The average Bonchev–Trinajstić information content (AvgIpc) is 0. The minimum atomic E-state index is 0. The molecule has 0 bridgehead atoms. The van der Waals surface area contributed by atoms with E-state index >= 15 is 0 Å². The van der Waals surface area contributed by atoms with Crippen LogP contribution in [0.2, 0.25) is 0 Å². The second kappa shape index (κ2) is 17.0. The second-order valence-electron chi connectivity index (χ2n) is 0. The normalized spacial score (nSPS) is 0. The van der Waals surface area contributed by atoms with Crippen LogP contribution in [0.15, 0.2) is 0 Å². The Kier molecular flexibility index (Phi) is 124. The van der Waals surface area contributed by atoms with E-state index in [4.69, 9.17) is 0 Å². The van der Waals surface area contributed by atoms with Crippen LogP contribution in [0.3, 0.4) is 0 Å². The van der Waals surface area contributed by atoms with E-state index in [-0.39, 0.29) is 88.0 Å². The van der Waals surface area contributed by atoms with Gasteiger partial charge in [-0.05, 0) is 0 Å². The van der Waals surface area contributed by atoms with Crippen LogP contribution in [0.1, 0.15) is 0 Å². The van der Waals surface area contributed by atoms with Crippen molar-refractivity contribution in [1.29, 1.82) is 0 Å². The first-order valence-corrected chi connectivity index (χ1v) is 0. The van der Waals surface area contributed by atoms with Gasteiger partial charge < -0.3 is 0 Å². The van der Waals surface area contributed by atoms with Crippen molar-refractivity contribution in [2.24, 2.45) is 0 Å². The van der Waals surface area contributed by atoms with Gasteiger partial charge in [0.2, 0.25) is 0 Å². The zero-order valence-corrected chi connectivity index (χ0v) is 7.07. The maximum Gasteiger partial charge on any atom is 0 e. The van der Waals surface area contributed by atoms with E-state index in [1.54, 1.807) is 0 Å². The Bertz CT molecular complexity index is 8.00. The zero-order chi connectivity index (χ0) is 0. The molecule has 0 heterocycles. The Balaban J connectivity index is 0. The van der Waals surface area contributed by atoms with Crippen molar-refractivity contribution in [2.75, 3.05) is 0 Å². The van der Waals surface area contributed by atoms with Gasteiger partial charge in [-0.25, -0.2) is 0 Å². The number of rotatable bonds is 0. The summed E-state index contributed by atoms with van der Waals surface area (Å²) in [5, 5.41) is 0. The molecular weight excluding hydrogens is 259 g/mol. The van der Waals surface area contributed by atoms with Crippen molar-refractivity contribution in [3.05, 3.63) is 0 Å². The summed E-state index contributed by atoms with van der Waals surface area (Å²) in [6.45, 7) is 0. The van der Waals surface area contributed by atoms with E-state index in [9.17, 15) is 0 Å². The van der Waals surface area contributed by atoms with Crippen molar-refractivity contribution in [3.63, 3.8) is 0 Å². The van der Waals surface area contributed by atoms with E-state index in [0.29, 0.717) is 0 Å². The summed E-state index contributed by atoms with van der Waals surface area (Å²) in [4.78, 5) is 0. The Labute approximate surface area is 86.4 Å². The molecule has 0 rings (SSSR count). The van der Waals surface area contributed by atoms with Crippen LogP contribution in [-0.2, 0) is 33.6 Å². The van der Waals surface area contributed by atoms with Crippen LogP contribution >= 0.6 is 0 Å². The molecule has 2 radical (unpaired) electrons. The van der Waals surface area contributed by atoms with Crippen LogP contribution in [0.5, 0.6) is 0 Å². The molecule has 0 aliphatic carbocycles. The predicted molar refractivity (Wildman–Crippen MR) is 7.15 cm³/mol. The van der Waals surface area contributed by atoms with Crippen molar-refractivity contribution in [3.8, 4) is 0 Å². The van der Waals surface area contributed by atoms with Gasteiger partial charge in [0.15, 0.2) is 0 Å². The molecule has 0 aromatic rings. The molecule has 0 aliphatic heterocycles. The van der Waals surface area contributed by atoms with Crippen molar-refractivity contribution in [1.82, 2.24) is 0 Å². The molecule has 0 amide bonds. The molecule has 0 saturated heterocycles. The van der Waals surface area contributed by atoms with Gasteiger partial charge in [0, 0.05) is 69.2 Å². The van der Waals surface area contributed by atoms with Gasteiger partial charge in [-0.3, -0.25) is 0 Å². The van der Waals surface area contributed by atoms with Crippen molar-refractivity contribution in [2.45, 2.75) is 0 Å². The van der Waals surface area contributed by atoms with Gasteiger partial charge in [0.1, 0.15) is 0 Å². The maximum atomic E-state index is 0. The standard InChI is InChI=1S/La.Li.Mn.Ni.H. The van der Waals surface area contributed by atoms with Gasteiger partial charge in [-0.2, -0.15) is 0 Å². The van der Waals surface area contributed by atoms with Gasteiger partial charge in [0.25, 0.3) is 0 Å². The third-order valence-electron chi connectivity index (χ3n) is 0. The van der Waals surface area contributed by atoms with Crippen LogP contribution < -0.4 is 0 Å². The third kappa shape index (κ3) is 8.84. The molecule has 0 aromatic heterocycles. The quantitative estimate of drug-likeness (QED) is 0.508. The smallest absolute Gasteiger partial charge is 0 e. The molecule has 0 saturated carbocycles. The Hall–Kier alpha value is 2.81. The summed E-state index contributed by atoms with van der Waals surface area (Å²) < 4.78 is 0. The van der Waals surface area contributed by atoms with Crippen molar-refractivity contribution >= 4 is 18.9 Å². The fourth-order valence-electron chi connectivity index (χ4n) is 0. The molecule has 4 heavy (non-hydrogen) atoms. The van der Waals surface area contributed by atoms with Crippen molar-refractivity contribution < 1.29 is 69.2 Å². The maximum absolute atomic E-state index is 0. The predicted octanol–water partition coefficient (Wildman–Crippen LogP) is -0.653. The topological polar surface area (TPSA) is 0 Å². The molecule has 0 aliphatic rings. The monoisotopic (exact) mass is 260 g/mol. The molecule has 0 N–H and O–H groups in total. The first-order chi connectivity index (χ1) is 0. The first kappa shape index (κ1) is 29.1. The molecule has 0 spiro atoms. The molecule has 0 aromatic carbocycles. The number of hydrogen-bond donors (Lipinski definition) is 0. The van der Waals surface area contributed by atoms with E-state index in [1.807, 2.05) is 0 Å². The van der Waals surface area contributed by atoms with Gasteiger partial charge in [-0.1, -0.05) is 0 Å². The summed E-state index contributed by atoms with van der Waals surface area (Å²) >= 11 is 0. The minimum absolute atomic E-state index is 0. The average molecular weight is 260 g/mol. The molecule has 22 valence electrons. The fraction of sp³-hybridized carbons (Fsp3) is 0. The molecule has 0 nitrogen and oxygen atoms in total. The van der Waals surface area contributed by atoms with Crippen LogP contribution in [0.25, 0.3) is 0 Å². The fourth-order valence-corrected chi connectivity index (χ4v) is 0. The molecule has 4 heteroatoms. The van der Waals surface area contributed by atoms with Gasteiger partial charge in [0.05, 0.1) is 0 Å². The van der Waals surface area contributed by atoms with Crippen LogP contribution in [0.4, 0.5) is 0 Å². The Morgan fingerprint density at radius 3 is 1.00 bits per heavy atom. The summed E-state index contributed by atoms with van der Waals surface area (Å²) in [5.41, 5.74) is 0. The second-order valence-corrected chi connectivity index (χ2v) is 0. The molecule has 0 atom stereocenters. The van der Waals surface area contributed by atoms with Gasteiger partial charge in [-0.15, -0.1) is 0 Å². The largest absolute Gasteiger partial charge is 0 e. The number of hydrogen-bond acceptors (Lipinski definition) is 0. The summed E-state index contributed by atoms with van der Waals surface area (Å²) in [7, 11) is 0. The van der Waals surface area contributed by atoms with E-state index in [1.165, 1.54) is 0 Å². The Morgan fingerprint density at radius 1 is 1.00 bits per heavy atom. The zero-order valence-electron chi connectivity index (χ0n) is 1.27. The Morgan fingerprint density at radius 2 is 1.00 bits per heavy atom. The minimum Gasteiger partial charge on any atom is 0 e. The summed E-state index contributed by atoms with van der Waals surface area (Å²) in [6.07, 6.45) is 0. The molecule has 0 unspecified atom stereocenters. The van der Waals surface area contributed by atoms with E-state index in [0.717, 1.165) is 0 Å². The van der Waals surface area contributed by atoms with Gasteiger partial charge >= 0.3 is 18.9 Å². The summed E-state index contributed by atoms with van der Waals surface area (Å²) in [6, 6.07) is 0. The van der Waals surface area contributed by atoms with Crippen LogP contribution in [-0.4, -0.2) is 18.9 Å². The molecular formula is HLaLiMnNi.